The van der Waals surface area contributed by atoms with Crippen LogP contribution in [0.15, 0.2) is 29.3 Å². The van der Waals surface area contributed by atoms with E-state index in [1.54, 1.807) is 10.6 Å². The lowest BCUT2D eigenvalue weighted by Gasteiger charge is -2.18. The fraction of sp³-hybridized carbons (Fsp3) is 0.333. The molecule has 0 fully saturated rings. The normalized spacial score (nSPS) is 12.3. The van der Waals surface area contributed by atoms with Crippen LogP contribution in [0.3, 0.4) is 0 Å². The number of carbonyl (C=O) groups excluding carboxylic acids is 1. The van der Waals surface area contributed by atoms with Crippen molar-refractivity contribution in [2.24, 2.45) is 0 Å². The maximum Gasteiger partial charge on any atom is 0.254 e. The van der Waals surface area contributed by atoms with Crippen molar-refractivity contribution >= 4 is 17.5 Å². The molecule has 1 atom stereocenters. The van der Waals surface area contributed by atoms with Crippen LogP contribution < -0.4 is 10.6 Å². The number of hydrogen-bond donors (Lipinski definition) is 2. The number of anilines is 1. The van der Waals surface area contributed by atoms with Gasteiger partial charge in [-0.3, -0.25) is 4.79 Å². The van der Waals surface area contributed by atoms with E-state index in [4.69, 9.17) is 4.42 Å². The number of aromatic nitrogens is 4. The first-order valence-corrected chi connectivity index (χ1v) is 7.30. The molecule has 8 heteroatoms. The highest BCUT2D eigenvalue weighted by Gasteiger charge is 2.14. The number of aryl methyl sites for hydroxylation is 1. The van der Waals surface area contributed by atoms with Gasteiger partial charge in [-0.15, -0.1) is 0 Å². The fourth-order valence-corrected chi connectivity index (χ4v) is 2.23. The van der Waals surface area contributed by atoms with Gasteiger partial charge < -0.3 is 15.1 Å². The lowest BCUT2D eigenvalue weighted by Crippen LogP contribution is -2.35. The van der Waals surface area contributed by atoms with Crippen molar-refractivity contribution in [2.75, 3.05) is 11.9 Å². The van der Waals surface area contributed by atoms with Gasteiger partial charge in [0.15, 0.2) is 0 Å². The summed E-state index contributed by atoms with van der Waals surface area (Å²) >= 11 is 0. The summed E-state index contributed by atoms with van der Waals surface area (Å²) in [6.45, 7) is 6.34. The van der Waals surface area contributed by atoms with Crippen LogP contribution in [-0.4, -0.2) is 38.1 Å². The monoisotopic (exact) mass is 314 g/mol. The van der Waals surface area contributed by atoms with E-state index in [1.165, 1.54) is 18.9 Å². The van der Waals surface area contributed by atoms with Crippen molar-refractivity contribution in [3.63, 3.8) is 0 Å². The van der Waals surface area contributed by atoms with Crippen LogP contribution in [0.25, 0.3) is 5.78 Å². The van der Waals surface area contributed by atoms with Crippen molar-refractivity contribution in [1.29, 1.82) is 0 Å². The Balaban J connectivity index is 1.70. The molecule has 8 nitrogen and oxygen atoms in total. The zero-order valence-electron chi connectivity index (χ0n) is 13.2. The number of carbonyl (C=O) groups is 1. The van der Waals surface area contributed by atoms with E-state index in [0.29, 0.717) is 17.9 Å². The first-order chi connectivity index (χ1) is 11.1. The van der Waals surface area contributed by atoms with E-state index in [1.807, 2.05) is 20.8 Å². The summed E-state index contributed by atoms with van der Waals surface area (Å²) in [6, 6.07) is 1.63. The fourth-order valence-electron chi connectivity index (χ4n) is 2.23. The topological polar surface area (TPSA) is 97.4 Å². The van der Waals surface area contributed by atoms with Gasteiger partial charge in [0.25, 0.3) is 11.7 Å². The SMILES string of the molecule is Cc1nc2ncnn2c(NC(C)CNC(=O)c2ccoc2)c1C. The molecule has 0 aliphatic carbocycles. The Hall–Kier alpha value is -2.90. The van der Waals surface area contributed by atoms with Crippen molar-refractivity contribution in [1.82, 2.24) is 24.9 Å². The molecule has 1 amide bonds. The number of nitrogens with one attached hydrogen (secondary N) is 2. The largest absolute Gasteiger partial charge is 0.472 e. The zero-order chi connectivity index (χ0) is 16.4. The van der Waals surface area contributed by atoms with E-state index in [0.717, 1.165) is 17.1 Å². The molecule has 3 rings (SSSR count). The molecular weight excluding hydrogens is 296 g/mol. The molecule has 0 aliphatic heterocycles. The second-order valence-corrected chi connectivity index (χ2v) is 5.41. The molecule has 120 valence electrons. The Bertz CT molecular complexity index is 824. The van der Waals surface area contributed by atoms with Crippen LogP contribution >= 0.6 is 0 Å². The summed E-state index contributed by atoms with van der Waals surface area (Å²) in [6.07, 6.45) is 4.36. The van der Waals surface area contributed by atoms with Crippen LogP contribution in [0.4, 0.5) is 5.82 Å². The molecule has 0 aromatic carbocycles. The van der Waals surface area contributed by atoms with Gasteiger partial charge in [0.2, 0.25) is 0 Å². The predicted molar refractivity (Wildman–Crippen MR) is 84.4 cm³/mol. The zero-order valence-corrected chi connectivity index (χ0v) is 13.2. The maximum atomic E-state index is 11.9. The van der Waals surface area contributed by atoms with Gasteiger partial charge in [-0.2, -0.15) is 14.6 Å². The van der Waals surface area contributed by atoms with Crippen LogP contribution in [0.1, 0.15) is 28.5 Å². The Labute approximate surface area is 132 Å². The number of furan rings is 1. The van der Waals surface area contributed by atoms with Gasteiger partial charge in [-0.1, -0.05) is 0 Å². The van der Waals surface area contributed by atoms with E-state index < -0.39 is 0 Å². The molecule has 3 aromatic rings. The Morgan fingerprint density at radius 3 is 3.00 bits per heavy atom. The highest BCUT2D eigenvalue weighted by molar-refractivity contribution is 5.93. The lowest BCUT2D eigenvalue weighted by atomic mass is 10.2. The van der Waals surface area contributed by atoms with Crippen molar-refractivity contribution in [2.45, 2.75) is 26.8 Å². The molecule has 3 heterocycles. The number of fused-ring (bicyclic) bond motifs is 1. The first kappa shape index (κ1) is 15.0. The molecule has 0 spiro atoms. The first-order valence-electron chi connectivity index (χ1n) is 7.30. The minimum Gasteiger partial charge on any atom is -0.472 e. The Morgan fingerprint density at radius 2 is 2.26 bits per heavy atom. The van der Waals surface area contributed by atoms with Gasteiger partial charge in [0, 0.05) is 23.8 Å². The third-order valence-corrected chi connectivity index (χ3v) is 3.64. The molecule has 0 aliphatic rings. The smallest absolute Gasteiger partial charge is 0.254 e. The van der Waals surface area contributed by atoms with Crippen molar-refractivity contribution < 1.29 is 9.21 Å². The molecule has 1 unspecified atom stereocenters. The molecule has 2 N–H and O–H groups in total. The van der Waals surface area contributed by atoms with Gasteiger partial charge in [-0.05, 0) is 26.8 Å². The summed E-state index contributed by atoms with van der Waals surface area (Å²) in [5, 5.41) is 10.4. The third kappa shape index (κ3) is 3.01. The number of amides is 1. The highest BCUT2D eigenvalue weighted by atomic mass is 16.3. The summed E-state index contributed by atoms with van der Waals surface area (Å²) in [4.78, 5) is 20.4. The van der Waals surface area contributed by atoms with E-state index >= 15 is 0 Å². The van der Waals surface area contributed by atoms with E-state index in [-0.39, 0.29) is 11.9 Å². The summed E-state index contributed by atoms with van der Waals surface area (Å²) in [7, 11) is 0. The maximum absolute atomic E-state index is 11.9. The van der Waals surface area contributed by atoms with E-state index in [2.05, 4.69) is 25.7 Å². The standard InChI is InChI=1S/C15H18N6O2/c1-9(6-16-14(22)12-4-5-23-7-12)19-13-10(2)11(3)20-15-17-8-18-21(13)15/h4-5,7-9,19H,6H2,1-3H3,(H,16,22). The van der Waals surface area contributed by atoms with E-state index in [9.17, 15) is 4.79 Å². The third-order valence-electron chi connectivity index (χ3n) is 3.64. The molecular formula is C15H18N6O2. The van der Waals surface area contributed by atoms with Crippen LogP contribution in [0.5, 0.6) is 0 Å². The number of rotatable bonds is 5. The van der Waals surface area contributed by atoms with Gasteiger partial charge in [0.05, 0.1) is 11.8 Å². The lowest BCUT2D eigenvalue weighted by molar-refractivity contribution is 0.0952. The van der Waals surface area contributed by atoms with Gasteiger partial charge in [0.1, 0.15) is 18.4 Å². The van der Waals surface area contributed by atoms with Crippen molar-refractivity contribution in [3.8, 4) is 0 Å². The second-order valence-electron chi connectivity index (χ2n) is 5.41. The number of hydrogen-bond acceptors (Lipinski definition) is 6. The number of nitrogens with zero attached hydrogens (tertiary/aromatic N) is 4. The molecule has 3 aromatic heterocycles. The van der Waals surface area contributed by atoms with Crippen molar-refractivity contribution in [3.05, 3.63) is 41.7 Å². The molecule has 0 saturated carbocycles. The quantitative estimate of drug-likeness (QED) is 0.742. The van der Waals surface area contributed by atoms with Crippen LogP contribution in [-0.2, 0) is 0 Å². The Morgan fingerprint density at radius 1 is 1.43 bits per heavy atom. The summed E-state index contributed by atoms with van der Waals surface area (Å²) < 4.78 is 6.57. The van der Waals surface area contributed by atoms with Crippen LogP contribution in [0.2, 0.25) is 0 Å². The average molecular weight is 314 g/mol. The van der Waals surface area contributed by atoms with Crippen LogP contribution in [0, 0.1) is 13.8 Å². The highest BCUT2D eigenvalue weighted by Crippen LogP contribution is 2.18. The Kier molecular flexibility index (Phi) is 3.96. The minimum absolute atomic E-state index is 0.00116. The molecule has 0 radical (unpaired) electrons. The average Bonchev–Trinajstić information content (AvgIpc) is 3.20. The summed E-state index contributed by atoms with van der Waals surface area (Å²) in [5.74, 6) is 1.21. The molecule has 23 heavy (non-hydrogen) atoms. The van der Waals surface area contributed by atoms with Gasteiger partial charge in [-0.25, -0.2) is 4.98 Å². The summed E-state index contributed by atoms with van der Waals surface area (Å²) in [5.41, 5.74) is 2.39. The molecule has 0 bridgehead atoms. The minimum atomic E-state index is -0.166. The second kappa shape index (κ2) is 6.07. The molecule has 0 saturated heterocycles. The van der Waals surface area contributed by atoms with Gasteiger partial charge >= 0.3 is 0 Å². The predicted octanol–water partition coefficient (Wildman–Crippen LogP) is 1.56.